The highest BCUT2D eigenvalue weighted by Crippen LogP contribution is 2.18. The minimum Gasteiger partial charge on any atom is -0.316 e. The molecule has 0 aromatic heterocycles. The van der Waals surface area contributed by atoms with E-state index in [-0.39, 0.29) is 0 Å². The monoisotopic (exact) mass is 191 g/mol. The van der Waals surface area contributed by atoms with E-state index < -0.39 is 16.5 Å². The second kappa shape index (κ2) is 3.39. The molecule has 68 valence electrons. The molecule has 0 aliphatic heterocycles. The van der Waals surface area contributed by atoms with Crippen LogP contribution in [0.3, 0.4) is 0 Å². The van der Waals surface area contributed by atoms with Crippen LogP contribution in [0.5, 0.6) is 0 Å². The molecule has 11 heavy (non-hydrogen) atoms. The van der Waals surface area contributed by atoms with Crippen LogP contribution in [-0.2, 0) is 4.84 Å². The largest absolute Gasteiger partial charge is 0.316 e. The summed E-state index contributed by atoms with van der Waals surface area (Å²) in [6.45, 7) is 13.9. The first kappa shape index (κ1) is 11.4. The topological polar surface area (TPSA) is 12.5 Å². The molecule has 0 saturated heterocycles. The molecule has 0 aromatic carbocycles. The average molecular weight is 191 g/mol. The van der Waals surface area contributed by atoms with Gasteiger partial charge in [0.05, 0.1) is 7.11 Å². The molecule has 0 heterocycles. The fraction of sp³-hybridized carbons (Fsp3) is 1.00. The zero-order valence-electron chi connectivity index (χ0n) is 8.86. The highest BCUT2D eigenvalue weighted by Gasteiger charge is 2.34. The molecule has 4 heteroatoms. The Hall–Kier alpha value is 0.354. The Labute approximate surface area is 72.7 Å². The molecule has 0 atom stereocenters. The molecule has 0 amide bonds. The summed E-state index contributed by atoms with van der Waals surface area (Å²) in [5, 5.41) is 0. The fourth-order valence-corrected chi connectivity index (χ4v) is 10.7. The van der Waals surface area contributed by atoms with Gasteiger partial charge in [-0.1, -0.05) is 39.3 Å². The van der Waals surface area contributed by atoms with Gasteiger partial charge in [0.15, 0.2) is 0 Å². The van der Waals surface area contributed by atoms with E-state index in [1.807, 2.05) is 0 Å². The summed E-state index contributed by atoms with van der Waals surface area (Å²) < 4.78 is 2.28. The SMILES string of the molecule is CON([Si](C)(C)C)[Si](C)(C)C. The van der Waals surface area contributed by atoms with Crippen molar-refractivity contribution < 1.29 is 4.84 Å². The van der Waals surface area contributed by atoms with Gasteiger partial charge in [0, 0.05) is 0 Å². The normalized spacial score (nSPS) is 14.2. The third-order valence-corrected chi connectivity index (χ3v) is 8.23. The molecule has 0 bridgehead atoms. The van der Waals surface area contributed by atoms with Gasteiger partial charge >= 0.3 is 0 Å². The van der Waals surface area contributed by atoms with Crippen LogP contribution >= 0.6 is 0 Å². The van der Waals surface area contributed by atoms with Crippen LogP contribution in [0, 0.1) is 0 Å². The molecule has 2 nitrogen and oxygen atoms in total. The van der Waals surface area contributed by atoms with Crippen molar-refractivity contribution in [3.63, 3.8) is 0 Å². The van der Waals surface area contributed by atoms with Gasteiger partial charge in [-0.2, -0.15) is 0 Å². The third-order valence-electron chi connectivity index (χ3n) is 1.40. The first-order valence-corrected chi connectivity index (χ1v) is 10.9. The molecule has 0 fully saturated rings. The highest BCUT2D eigenvalue weighted by atomic mass is 28.4. The minimum absolute atomic E-state index is 1.25. The van der Waals surface area contributed by atoms with Crippen LogP contribution in [0.2, 0.25) is 39.3 Å². The highest BCUT2D eigenvalue weighted by molar-refractivity contribution is 6.88. The lowest BCUT2D eigenvalue weighted by Gasteiger charge is -2.40. The summed E-state index contributed by atoms with van der Waals surface area (Å²) in [5.41, 5.74) is 0. The van der Waals surface area contributed by atoms with E-state index in [4.69, 9.17) is 4.84 Å². The second-order valence-electron chi connectivity index (χ2n) is 4.82. The fourth-order valence-electron chi connectivity index (χ4n) is 1.55. The molecular weight excluding hydrogens is 170 g/mol. The summed E-state index contributed by atoms with van der Waals surface area (Å²) in [6.07, 6.45) is 0. The molecule has 0 aromatic rings. The standard InChI is InChI=1S/C7H21NOSi2/c1-9-8(10(2,3)4)11(5,6)7/h1-7H3. The van der Waals surface area contributed by atoms with Crippen molar-refractivity contribution in [2.45, 2.75) is 39.3 Å². The zero-order valence-corrected chi connectivity index (χ0v) is 10.9. The van der Waals surface area contributed by atoms with Crippen LogP contribution in [0.25, 0.3) is 0 Å². The smallest absolute Gasteiger partial charge is 0.141 e. The van der Waals surface area contributed by atoms with Crippen LogP contribution in [0.1, 0.15) is 0 Å². The molecule has 0 aliphatic rings. The van der Waals surface area contributed by atoms with Crippen molar-refractivity contribution in [2.75, 3.05) is 7.11 Å². The maximum Gasteiger partial charge on any atom is 0.141 e. The second-order valence-corrected chi connectivity index (χ2v) is 14.8. The van der Waals surface area contributed by atoms with Crippen molar-refractivity contribution >= 4 is 16.5 Å². The van der Waals surface area contributed by atoms with Crippen molar-refractivity contribution in [3.8, 4) is 0 Å². The molecule has 0 N–H and O–H groups in total. The quantitative estimate of drug-likeness (QED) is 0.502. The molecule has 0 rings (SSSR count). The number of nitrogens with zero attached hydrogens (tertiary/aromatic N) is 1. The predicted molar refractivity (Wildman–Crippen MR) is 55.5 cm³/mol. The molecule has 0 aliphatic carbocycles. The van der Waals surface area contributed by atoms with E-state index in [2.05, 4.69) is 43.7 Å². The van der Waals surface area contributed by atoms with Gasteiger partial charge < -0.3 is 4.84 Å². The number of rotatable bonds is 3. The maximum atomic E-state index is 5.44. The van der Waals surface area contributed by atoms with Crippen LogP contribution in [0.4, 0.5) is 0 Å². The third kappa shape index (κ3) is 3.51. The maximum absolute atomic E-state index is 5.44. The van der Waals surface area contributed by atoms with Crippen LogP contribution in [0.15, 0.2) is 0 Å². The van der Waals surface area contributed by atoms with Gasteiger partial charge in [0.2, 0.25) is 0 Å². The van der Waals surface area contributed by atoms with Crippen molar-refractivity contribution in [3.05, 3.63) is 0 Å². The van der Waals surface area contributed by atoms with Crippen molar-refractivity contribution in [2.24, 2.45) is 0 Å². The summed E-state index contributed by atoms with van der Waals surface area (Å²) in [6, 6.07) is 0. The van der Waals surface area contributed by atoms with Gasteiger partial charge in [0.1, 0.15) is 16.5 Å². The Balaban J connectivity index is 4.43. The Morgan fingerprint density at radius 2 is 1.09 bits per heavy atom. The van der Waals surface area contributed by atoms with E-state index in [0.717, 1.165) is 0 Å². The Morgan fingerprint density at radius 1 is 0.818 bits per heavy atom. The zero-order chi connectivity index (χ0) is 9.28. The van der Waals surface area contributed by atoms with E-state index in [9.17, 15) is 0 Å². The molecular formula is C7H21NOSi2. The summed E-state index contributed by atoms with van der Waals surface area (Å²) in [5.74, 6) is 0. The first-order chi connectivity index (χ1) is 4.69. The minimum atomic E-state index is -1.25. The number of hydrogen-bond acceptors (Lipinski definition) is 2. The van der Waals surface area contributed by atoms with Crippen LogP contribution in [-0.4, -0.2) is 28.0 Å². The average Bonchev–Trinajstić information content (AvgIpc) is 1.56. The first-order valence-electron chi connectivity index (χ1n) is 4.04. The van der Waals surface area contributed by atoms with E-state index in [1.54, 1.807) is 7.11 Å². The lowest BCUT2D eigenvalue weighted by atomic mass is 11.7. The Bertz CT molecular complexity index is 111. The molecule has 0 radical (unpaired) electrons. The molecule has 0 unspecified atom stereocenters. The predicted octanol–water partition coefficient (Wildman–Crippen LogP) is 2.52. The molecule has 0 saturated carbocycles. The number of hydrogen-bond donors (Lipinski definition) is 0. The van der Waals surface area contributed by atoms with Gasteiger partial charge in [-0.3, -0.25) is 0 Å². The lowest BCUT2D eigenvalue weighted by Crippen LogP contribution is -2.58. The van der Waals surface area contributed by atoms with Gasteiger partial charge in [0.25, 0.3) is 0 Å². The Morgan fingerprint density at radius 3 is 1.09 bits per heavy atom. The van der Waals surface area contributed by atoms with E-state index in [0.29, 0.717) is 0 Å². The summed E-state index contributed by atoms with van der Waals surface area (Å²) >= 11 is 0. The summed E-state index contributed by atoms with van der Waals surface area (Å²) in [7, 11) is -0.710. The van der Waals surface area contributed by atoms with E-state index in [1.165, 1.54) is 0 Å². The Kier molecular flexibility index (Phi) is 3.50. The lowest BCUT2D eigenvalue weighted by molar-refractivity contribution is 0.00734. The van der Waals surface area contributed by atoms with Crippen molar-refractivity contribution in [1.29, 1.82) is 0 Å². The van der Waals surface area contributed by atoms with Gasteiger partial charge in [-0.25, -0.2) is 4.39 Å². The van der Waals surface area contributed by atoms with Gasteiger partial charge in [-0.05, 0) is 0 Å². The van der Waals surface area contributed by atoms with Gasteiger partial charge in [-0.15, -0.1) is 0 Å². The summed E-state index contributed by atoms with van der Waals surface area (Å²) in [4.78, 5) is 5.44. The van der Waals surface area contributed by atoms with E-state index >= 15 is 0 Å². The van der Waals surface area contributed by atoms with Crippen molar-refractivity contribution in [1.82, 2.24) is 4.39 Å². The molecule has 0 spiro atoms. The van der Waals surface area contributed by atoms with Crippen LogP contribution < -0.4 is 0 Å².